The van der Waals surface area contributed by atoms with Gasteiger partial charge in [-0.05, 0) is 38.5 Å². The van der Waals surface area contributed by atoms with E-state index >= 15 is 0 Å². The van der Waals surface area contributed by atoms with Crippen molar-refractivity contribution in [1.82, 2.24) is 14.0 Å². The second-order valence-corrected chi connectivity index (χ2v) is 8.39. The molecule has 8 nitrogen and oxygen atoms in total. The summed E-state index contributed by atoms with van der Waals surface area (Å²) in [5.41, 5.74) is 2.49. The van der Waals surface area contributed by atoms with E-state index in [0.29, 0.717) is 17.0 Å². The van der Waals surface area contributed by atoms with E-state index in [-0.39, 0.29) is 30.3 Å². The highest BCUT2D eigenvalue weighted by Gasteiger charge is 2.28. The normalized spacial score (nSPS) is 11.2. The van der Waals surface area contributed by atoms with E-state index in [4.69, 9.17) is 4.74 Å². The summed E-state index contributed by atoms with van der Waals surface area (Å²) < 4.78 is 8.54. The molecule has 4 rings (SSSR count). The predicted octanol–water partition coefficient (Wildman–Crippen LogP) is 3.51. The zero-order valence-electron chi connectivity index (χ0n) is 17.7. The molecule has 1 amide bonds. The second-order valence-electron chi connectivity index (χ2n) is 7.19. The molecule has 4 aromatic rings. The molecule has 0 fully saturated rings. The minimum Gasteiger partial charge on any atom is -0.461 e. The molecule has 9 heteroatoms. The fourth-order valence-electron chi connectivity index (χ4n) is 3.65. The maximum atomic E-state index is 12.9. The number of fused-ring (bicyclic) bond motifs is 2. The van der Waals surface area contributed by atoms with Crippen molar-refractivity contribution in [3.63, 3.8) is 0 Å². The van der Waals surface area contributed by atoms with Crippen molar-refractivity contribution in [3.8, 4) is 0 Å². The van der Waals surface area contributed by atoms with Gasteiger partial charge in [-0.2, -0.15) is 0 Å². The summed E-state index contributed by atoms with van der Waals surface area (Å²) >= 11 is 1.52. The van der Waals surface area contributed by atoms with Gasteiger partial charge in [0.15, 0.2) is 5.69 Å². The molecule has 0 aromatic carbocycles. The largest absolute Gasteiger partial charge is 0.461 e. The van der Waals surface area contributed by atoms with E-state index in [0.717, 1.165) is 20.7 Å². The lowest BCUT2D eigenvalue weighted by Gasteiger charge is -2.12. The Morgan fingerprint density at radius 2 is 2.03 bits per heavy atom. The van der Waals surface area contributed by atoms with Gasteiger partial charge in [0.1, 0.15) is 10.5 Å². The summed E-state index contributed by atoms with van der Waals surface area (Å²) in [4.78, 5) is 43.9. The van der Waals surface area contributed by atoms with Crippen molar-refractivity contribution < 1.29 is 14.3 Å². The molecule has 0 saturated carbocycles. The van der Waals surface area contributed by atoms with E-state index in [1.54, 1.807) is 29.8 Å². The van der Waals surface area contributed by atoms with Gasteiger partial charge in [0.25, 0.3) is 5.56 Å². The van der Waals surface area contributed by atoms with Crippen molar-refractivity contribution >= 4 is 44.8 Å². The van der Waals surface area contributed by atoms with Crippen molar-refractivity contribution in [2.24, 2.45) is 0 Å². The van der Waals surface area contributed by atoms with Crippen molar-refractivity contribution in [3.05, 3.63) is 62.6 Å². The number of amides is 1. The predicted molar refractivity (Wildman–Crippen MR) is 120 cm³/mol. The van der Waals surface area contributed by atoms with Crippen LogP contribution in [0.4, 0.5) is 5.69 Å². The van der Waals surface area contributed by atoms with Gasteiger partial charge in [-0.25, -0.2) is 9.78 Å². The van der Waals surface area contributed by atoms with E-state index in [9.17, 15) is 14.4 Å². The maximum Gasteiger partial charge on any atom is 0.357 e. The molecule has 0 bridgehead atoms. The van der Waals surface area contributed by atoms with Crippen molar-refractivity contribution in [2.75, 3.05) is 11.9 Å². The number of ether oxygens (including phenoxy) is 1. The van der Waals surface area contributed by atoms with Crippen molar-refractivity contribution in [2.45, 2.75) is 34.2 Å². The van der Waals surface area contributed by atoms with E-state index in [1.807, 2.05) is 19.9 Å². The molecule has 0 atom stereocenters. The Balaban J connectivity index is 1.97. The Morgan fingerprint density at radius 3 is 2.74 bits per heavy atom. The highest BCUT2D eigenvalue weighted by atomic mass is 32.1. The Kier molecular flexibility index (Phi) is 5.36. The number of aryl methyl sites for hydroxylation is 2. The molecule has 1 N–H and O–H groups in total. The number of nitrogens with zero attached hydrogens (tertiary/aromatic N) is 3. The standard InChI is InChI=1S/C22H22N4O4S/c1-5-30-22(29)20-19(23-14(4)27)18-12(2)13(3)31-21(18)26(20)11-15-10-17(28)25-9-7-6-8-16(25)24-15/h6-10H,5,11H2,1-4H3,(H,23,27). The summed E-state index contributed by atoms with van der Waals surface area (Å²) in [6.45, 7) is 7.46. The lowest BCUT2D eigenvalue weighted by Crippen LogP contribution is -2.19. The first-order valence-electron chi connectivity index (χ1n) is 9.86. The molecule has 0 aliphatic carbocycles. The van der Waals surface area contributed by atoms with Gasteiger partial charge in [-0.15, -0.1) is 11.3 Å². The minimum absolute atomic E-state index is 0.185. The SMILES string of the molecule is CCOC(=O)c1c(NC(C)=O)c2c(C)c(C)sc2n1Cc1cc(=O)n2ccccc2n1. The molecule has 0 spiro atoms. The number of aromatic nitrogens is 3. The quantitative estimate of drug-likeness (QED) is 0.481. The Morgan fingerprint density at radius 1 is 1.26 bits per heavy atom. The number of nitrogens with one attached hydrogen (secondary N) is 1. The summed E-state index contributed by atoms with van der Waals surface area (Å²) in [5, 5.41) is 3.62. The molecule has 0 saturated heterocycles. The van der Waals surface area contributed by atoms with Crippen LogP contribution in [0.3, 0.4) is 0 Å². The number of carbonyl (C=O) groups is 2. The van der Waals surface area contributed by atoms with Crippen LogP contribution in [0.5, 0.6) is 0 Å². The second kappa shape index (κ2) is 7.99. The Hall–Kier alpha value is -3.46. The number of thiophene rings is 1. The van der Waals surface area contributed by atoms with Crippen LogP contribution in [0.25, 0.3) is 15.9 Å². The average molecular weight is 439 g/mol. The van der Waals surface area contributed by atoms with Crippen LogP contribution in [0.1, 0.15) is 40.5 Å². The van der Waals surface area contributed by atoms with Crippen LogP contribution in [-0.4, -0.2) is 32.4 Å². The fourth-order valence-corrected chi connectivity index (χ4v) is 4.82. The first-order chi connectivity index (χ1) is 14.8. The van der Waals surface area contributed by atoms with E-state index < -0.39 is 5.97 Å². The average Bonchev–Trinajstić information content (AvgIpc) is 3.16. The lowest BCUT2D eigenvalue weighted by atomic mass is 10.2. The van der Waals surface area contributed by atoms with Crippen molar-refractivity contribution in [1.29, 1.82) is 0 Å². The van der Waals surface area contributed by atoms with Gasteiger partial charge < -0.3 is 14.6 Å². The molecule has 0 radical (unpaired) electrons. The van der Waals surface area contributed by atoms with Gasteiger partial charge in [0.05, 0.1) is 24.5 Å². The third-order valence-electron chi connectivity index (χ3n) is 5.08. The fraction of sp³-hybridized carbons (Fsp3) is 0.273. The number of esters is 1. The van der Waals surface area contributed by atoms with Gasteiger partial charge in [-0.3, -0.25) is 14.0 Å². The number of pyridine rings is 1. The van der Waals surface area contributed by atoms with E-state index in [2.05, 4.69) is 10.3 Å². The van der Waals surface area contributed by atoms with Crippen LogP contribution in [0.15, 0.2) is 35.3 Å². The highest BCUT2D eigenvalue weighted by Crippen LogP contribution is 2.41. The highest BCUT2D eigenvalue weighted by molar-refractivity contribution is 7.19. The number of carbonyl (C=O) groups excluding carboxylic acids is 2. The summed E-state index contributed by atoms with van der Waals surface area (Å²) in [7, 11) is 0. The third-order valence-corrected chi connectivity index (χ3v) is 6.31. The molecule has 160 valence electrons. The molecular formula is C22H22N4O4S. The smallest absolute Gasteiger partial charge is 0.357 e. The monoisotopic (exact) mass is 438 g/mol. The van der Waals surface area contributed by atoms with E-state index in [1.165, 1.54) is 28.7 Å². The van der Waals surface area contributed by atoms with Gasteiger partial charge in [0, 0.05) is 29.5 Å². The molecule has 4 heterocycles. The third kappa shape index (κ3) is 3.61. The van der Waals surface area contributed by atoms with Crippen LogP contribution in [0.2, 0.25) is 0 Å². The lowest BCUT2D eigenvalue weighted by molar-refractivity contribution is -0.114. The summed E-state index contributed by atoms with van der Waals surface area (Å²) in [6.07, 6.45) is 1.66. The van der Waals surface area contributed by atoms with Crippen LogP contribution in [0, 0.1) is 13.8 Å². The zero-order chi connectivity index (χ0) is 22.3. The number of rotatable bonds is 5. The first kappa shape index (κ1) is 20.8. The number of anilines is 1. The van der Waals surface area contributed by atoms with Gasteiger partial charge in [-0.1, -0.05) is 6.07 Å². The molecule has 31 heavy (non-hydrogen) atoms. The zero-order valence-corrected chi connectivity index (χ0v) is 18.5. The maximum absolute atomic E-state index is 12.9. The topological polar surface area (TPSA) is 94.7 Å². The Bertz CT molecular complexity index is 1400. The Labute approximate surface area is 182 Å². The summed E-state index contributed by atoms with van der Waals surface area (Å²) in [5.74, 6) is -0.820. The van der Waals surface area contributed by atoms with Crippen LogP contribution < -0.4 is 10.9 Å². The van der Waals surface area contributed by atoms with Gasteiger partial charge >= 0.3 is 5.97 Å². The molecule has 0 unspecified atom stereocenters. The molecule has 0 aliphatic rings. The number of hydrogen-bond donors (Lipinski definition) is 1. The van der Waals surface area contributed by atoms with Gasteiger partial charge in [0.2, 0.25) is 5.91 Å². The number of hydrogen-bond acceptors (Lipinski definition) is 6. The first-order valence-corrected chi connectivity index (χ1v) is 10.7. The molecule has 4 aromatic heterocycles. The van der Waals surface area contributed by atoms with Crippen LogP contribution in [-0.2, 0) is 16.1 Å². The van der Waals surface area contributed by atoms with Crippen LogP contribution >= 0.6 is 11.3 Å². The molecular weight excluding hydrogens is 416 g/mol. The minimum atomic E-state index is -0.538. The molecule has 0 aliphatic heterocycles. The summed E-state index contributed by atoms with van der Waals surface area (Å²) in [6, 6.07) is 6.79.